The molecule has 2 bridgehead atoms. The summed E-state index contributed by atoms with van der Waals surface area (Å²) >= 11 is 0. The van der Waals surface area contributed by atoms with Gasteiger partial charge in [-0.05, 0) is 54.7 Å². The van der Waals surface area contributed by atoms with Crippen LogP contribution in [0.5, 0.6) is 5.75 Å². The molecular formula is C30H39N3O2. The lowest BCUT2D eigenvalue weighted by Crippen LogP contribution is -2.68. The Hall–Kier alpha value is -2.63. The zero-order valence-electron chi connectivity index (χ0n) is 21.0. The van der Waals surface area contributed by atoms with Crippen LogP contribution in [0.3, 0.4) is 0 Å². The summed E-state index contributed by atoms with van der Waals surface area (Å²) in [6, 6.07) is 18.3. The minimum Gasteiger partial charge on any atom is -0.497 e. The second kappa shape index (κ2) is 11.0. The summed E-state index contributed by atoms with van der Waals surface area (Å²) in [6.07, 6.45) is 10.5. The molecule has 186 valence electrons. The van der Waals surface area contributed by atoms with Crippen LogP contribution in [0.2, 0.25) is 0 Å². The molecule has 3 saturated heterocycles. The lowest BCUT2D eigenvalue weighted by molar-refractivity contribution is -0.0706. The molecule has 1 amide bonds. The summed E-state index contributed by atoms with van der Waals surface area (Å²) in [7, 11) is 1.72. The van der Waals surface area contributed by atoms with E-state index in [-0.39, 0.29) is 11.9 Å². The van der Waals surface area contributed by atoms with Crippen LogP contribution >= 0.6 is 0 Å². The Bertz CT molecular complexity index is 1000. The van der Waals surface area contributed by atoms with Crippen molar-refractivity contribution in [1.82, 2.24) is 15.1 Å². The van der Waals surface area contributed by atoms with Crippen LogP contribution in [0.25, 0.3) is 0 Å². The van der Waals surface area contributed by atoms with Crippen molar-refractivity contribution in [2.75, 3.05) is 26.7 Å². The number of piperidine rings is 1. The normalized spacial score (nSPS) is 24.1. The third-order valence-electron chi connectivity index (χ3n) is 8.17. The Labute approximate surface area is 210 Å². The summed E-state index contributed by atoms with van der Waals surface area (Å²) in [4.78, 5) is 18.1. The molecule has 0 spiro atoms. The van der Waals surface area contributed by atoms with Gasteiger partial charge in [-0.25, -0.2) is 0 Å². The molecule has 1 N–H and O–H groups in total. The summed E-state index contributed by atoms with van der Waals surface area (Å²) < 4.78 is 5.55. The van der Waals surface area contributed by atoms with Gasteiger partial charge in [-0.1, -0.05) is 56.0 Å². The predicted octanol–water partition coefficient (Wildman–Crippen LogP) is 5.18. The Balaban J connectivity index is 1.36. The first kappa shape index (κ1) is 24.1. The standard InChI is InChI=1S/C30H39N3O2/c1-3-17-33-26-19-27(33)21-32(20-26)29(24-9-8-12-28(18-24)35-2)22-13-15-23(16-14-22)30(34)31-25-10-6-4-5-7-11-25/h3,8-9,12-16,18,25-27,29H,1,4-7,10-11,17,19-21H2,2H3,(H,31,34). The first-order valence-corrected chi connectivity index (χ1v) is 13.3. The molecule has 35 heavy (non-hydrogen) atoms. The van der Waals surface area contributed by atoms with Gasteiger partial charge in [0.1, 0.15) is 5.75 Å². The Kier molecular flexibility index (Phi) is 7.54. The number of nitrogens with zero attached hydrogens (tertiary/aromatic N) is 2. The number of methoxy groups -OCH3 is 1. The van der Waals surface area contributed by atoms with E-state index in [9.17, 15) is 4.79 Å². The van der Waals surface area contributed by atoms with E-state index in [0.29, 0.717) is 18.1 Å². The van der Waals surface area contributed by atoms with Crippen molar-refractivity contribution >= 4 is 5.91 Å². The Morgan fingerprint density at radius 1 is 1.06 bits per heavy atom. The average molecular weight is 474 g/mol. The molecule has 2 aromatic carbocycles. The topological polar surface area (TPSA) is 44.8 Å². The van der Waals surface area contributed by atoms with Gasteiger partial charge in [0.25, 0.3) is 5.91 Å². The molecule has 5 nitrogen and oxygen atoms in total. The van der Waals surface area contributed by atoms with Crippen molar-refractivity contribution in [2.45, 2.75) is 69.1 Å². The minimum absolute atomic E-state index is 0.0562. The van der Waals surface area contributed by atoms with E-state index in [1.54, 1.807) is 7.11 Å². The van der Waals surface area contributed by atoms with E-state index in [2.05, 4.69) is 52.0 Å². The lowest BCUT2D eigenvalue weighted by atomic mass is 9.84. The Morgan fingerprint density at radius 3 is 2.43 bits per heavy atom. The van der Waals surface area contributed by atoms with Crippen LogP contribution in [0, 0.1) is 0 Å². The molecule has 2 aromatic rings. The van der Waals surface area contributed by atoms with Crippen molar-refractivity contribution in [3.8, 4) is 5.75 Å². The number of carbonyl (C=O) groups is 1. The number of fused-ring (bicyclic) bond motifs is 2. The van der Waals surface area contributed by atoms with Gasteiger partial charge in [-0.15, -0.1) is 6.58 Å². The molecule has 0 aromatic heterocycles. The molecule has 3 atom stereocenters. The number of rotatable bonds is 8. The fourth-order valence-electron chi connectivity index (χ4n) is 6.31. The minimum atomic E-state index is 0.0562. The van der Waals surface area contributed by atoms with Crippen molar-refractivity contribution in [3.05, 3.63) is 77.9 Å². The summed E-state index contributed by atoms with van der Waals surface area (Å²) in [6.45, 7) is 6.99. The smallest absolute Gasteiger partial charge is 0.251 e. The molecule has 3 heterocycles. The van der Waals surface area contributed by atoms with Crippen LogP contribution in [0.1, 0.15) is 72.5 Å². The number of nitrogens with one attached hydrogen (secondary N) is 1. The van der Waals surface area contributed by atoms with Crippen molar-refractivity contribution in [3.63, 3.8) is 0 Å². The molecule has 4 aliphatic rings. The molecule has 1 saturated carbocycles. The van der Waals surface area contributed by atoms with Gasteiger partial charge >= 0.3 is 0 Å². The van der Waals surface area contributed by atoms with Crippen LogP contribution in [0.15, 0.2) is 61.2 Å². The highest BCUT2D eigenvalue weighted by Gasteiger charge is 2.45. The molecule has 6 rings (SSSR count). The first-order chi connectivity index (χ1) is 17.2. The monoisotopic (exact) mass is 473 g/mol. The number of ether oxygens (including phenoxy) is 1. The highest BCUT2D eigenvalue weighted by Crippen LogP contribution is 2.39. The molecule has 4 fully saturated rings. The van der Waals surface area contributed by atoms with E-state index < -0.39 is 0 Å². The van der Waals surface area contributed by atoms with Crippen LogP contribution in [-0.4, -0.2) is 60.6 Å². The first-order valence-electron chi connectivity index (χ1n) is 13.3. The number of amides is 1. The lowest BCUT2D eigenvalue weighted by Gasteiger charge is -2.57. The van der Waals surface area contributed by atoms with E-state index in [4.69, 9.17) is 4.74 Å². The van der Waals surface area contributed by atoms with Crippen LogP contribution < -0.4 is 10.1 Å². The van der Waals surface area contributed by atoms with Gasteiger partial charge in [-0.3, -0.25) is 14.6 Å². The van der Waals surface area contributed by atoms with Gasteiger partial charge in [0.2, 0.25) is 0 Å². The number of piperazine rings is 1. The summed E-state index contributed by atoms with van der Waals surface area (Å²) in [5.41, 5.74) is 3.21. The van der Waals surface area contributed by atoms with Gasteiger partial charge in [0.15, 0.2) is 0 Å². The largest absolute Gasteiger partial charge is 0.497 e. The molecule has 3 aliphatic heterocycles. The van der Waals surface area contributed by atoms with Gasteiger partial charge in [0.05, 0.1) is 13.2 Å². The fourth-order valence-corrected chi connectivity index (χ4v) is 6.31. The highest BCUT2D eigenvalue weighted by atomic mass is 16.5. The number of benzene rings is 2. The SMILES string of the molecule is C=CCN1C2CC1CN(C(c1ccc(C(=O)NC3CCCCCC3)cc1)c1cccc(OC)c1)C2. The van der Waals surface area contributed by atoms with Gasteiger partial charge in [0, 0.05) is 43.3 Å². The fraction of sp³-hybridized carbons (Fsp3) is 0.500. The van der Waals surface area contributed by atoms with Gasteiger partial charge < -0.3 is 10.1 Å². The predicted molar refractivity (Wildman–Crippen MR) is 141 cm³/mol. The molecule has 3 unspecified atom stereocenters. The average Bonchev–Trinajstić information content (AvgIpc) is 3.16. The summed E-state index contributed by atoms with van der Waals surface area (Å²) in [5.74, 6) is 0.933. The zero-order valence-corrected chi connectivity index (χ0v) is 21.0. The van der Waals surface area contributed by atoms with E-state index >= 15 is 0 Å². The third kappa shape index (κ3) is 5.31. The molecule has 1 aliphatic carbocycles. The quantitative estimate of drug-likeness (QED) is 0.424. The van der Waals surface area contributed by atoms with Crippen molar-refractivity contribution in [1.29, 1.82) is 0 Å². The van der Waals surface area contributed by atoms with E-state index in [1.807, 2.05) is 24.3 Å². The maximum Gasteiger partial charge on any atom is 0.251 e. The van der Waals surface area contributed by atoms with E-state index in [0.717, 1.165) is 43.8 Å². The Morgan fingerprint density at radius 2 is 1.77 bits per heavy atom. The molecule has 5 heteroatoms. The second-order valence-electron chi connectivity index (χ2n) is 10.4. The maximum absolute atomic E-state index is 13.0. The summed E-state index contributed by atoms with van der Waals surface area (Å²) in [5, 5.41) is 3.28. The van der Waals surface area contributed by atoms with Crippen molar-refractivity contribution < 1.29 is 9.53 Å². The maximum atomic E-state index is 13.0. The zero-order chi connectivity index (χ0) is 24.2. The highest BCUT2D eigenvalue weighted by molar-refractivity contribution is 5.94. The van der Waals surface area contributed by atoms with Crippen molar-refractivity contribution in [2.24, 2.45) is 0 Å². The third-order valence-corrected chi connectivity index (χ3v) is 8.17. The van der Waals surface area contributed by atoms with Gasteiger partial charge in [-0.2, -0.15) is 0 Å². The van der Waals surface area contributed by atoms with E-state index in [1.165, 1.54) is 43.2 Å². The molecular weight excluding hydrogens is 434 g/mol. The van der Waals surface area contributed by atoms with Crippen LogP contribution in [-0.2, 0) is 0 Å². The second-order valence-corrected chi connectivity index (χ2v) is 10.4. The number of hydrogen-bond donors (Lipinski definition) is 1. The number of hydrogen-bond acceptors (Lipinski definition) is 4. The van der Waals surface area contributed by atoms with Crippen LogP contribution in [0.4, 0.5) is 0 Å². The molecule has 0 radical (unpaired) electrons. The number of carbonyl (C=O) groups excluding carboxylic acids is 1.